The number of benzene rings is 1. The first-order chi connectivity index (χ1) is 7.63. The second-order valence-electron chi connectivity index (χ2n) is 3.79. The summed E-state index contributed by atoms with van der Waals surface area (Å²) in [5.41, 5.74) is 1.27. The van der Waals surface area contributed by atoms with Crippen molar-refractivity contribution in [1.29, 1.82) is 0 Å². The van der Waals surface area contributed by atoms with Crippen LogP contribution in [0.1, 0.15) is 12.5 Å². The number of rotatable bonds is 6. The van der Waals surface area contributed by atoms with E-state index < -0.39 is 10.8 Å². The fourth-order valence-electron chi connectivity index (χ4n) is 1.28. The van der Waals surface area contributed by atoms with Crippen molar-refractivity contribution < 1.29 is 4.21 Å². The van der Waals surface area contributed by atoms with E-state index in [-0.39, 0.29) is 5.25 Å². The molecule has 2 atom stereocenters. The van der Waals surface area contributed by atoms with Crippen LogP contribution in [0.2, 0.25) is 0 Å². The van der Waals surface area contributed by atoms with E-state index in [0.717, 1.165) is 13.1 Å². The van der Waals surface area contributed by atoms with Crippen LogP contribution < -0.4 is 5.32 Å². The van der Waals surface area contributed by atoms with Gasteiger partial charge in [0.25, 0.3) is 0 Å². The summed E-state index contributed by atoms with van der Waals surface area (Å²) < 4.78 is 11.1. The van der Waals surface area contributed by atoms with Crippen LogP contribution in [0, 0.1) is 0 Å². The fraction of sp³-hybridized carbons (Fsp3) is 0.500. The van der Waals surface area contributed by atoms with Gasteiger partial charge in [-0.3, -0.25) is 4.21 Å². The number of hydrogen-bond acceptors (Lipinski definition) is 3. The Kier molecular flexibility index (Phi) is 6.09. The highest BCUT2D eigenvalue weighted by molar-refractivity contribution is 7.98. The summed E-state index contributed by atoms with van der Waals surface area (Å²) in [5, 5.41) is 3.53. The van der Waals surface area contributed by atoms with Crippen molar-refractivity contribution >= 4 is 22.6 Å². The summed E-state index contributed by atoms with van der Waals surface area (Å²) in [4.78, 5) is 1.28. The highest BCUT2D eigenvalue weighted by atomic mass is 32.2. The van der Waals surface area contributed by atoms with Crippen molar-refractivity contribution in [3.8, 4) is 0 Å². The molecule has 0 amide bonds. The summed E-state index contributed by atoms with van der Waals surface area (Å²) in [6, 6.07) is 8.52. The molecule has 0 fully saturated rings. The predicted octanol–water partition coefficient (Wildman–Crippen LogP) is 2.27. The van der Waals surface area contributed by atoms with Gasteiger partial charge < -0.3 is 5.32 Å². The van der Waals surface area contributed by atoms with Crippen molar-refractivity contribution in [3.63, 3.8) is 0 Å². The highest BCUT2D eigenvalue weighted by Crippen LogP contribution is 2.14. The third-order valence-electron chi connectivity index (χ3n) is 2.49. The summed E-state index contributed by atoms with van der Waals surface area (Å²) in [6.07, 6.45) is 3.82. The van der Waals surface area contributed by atoms with Crippen LogP contribution in [-0.2, 0) is 17.3 Å². The lowest BCUT2D eigenvalue weighted by molar-refractivity contribution is 0.647. The predicted molar refractivity (Wildman–Crippen MR) is 73.5 cm³/mol. The third-order valence-corrected chi connectivity index (χ3v) is 4.53. The standard InChI is InChI=1S/C12H19NOS2/c1-10(16(3)14)8-13-9-11-4-6-12(15-2)7-5-11/h4-7,10,13H,8-9H2,1-3H3. The summed E-state index contributed by atoms with van der Waals surface area (Å²) in [6.45, 7) is 3.64. The molecule has 0 aromatic heterocycles. The van der Waals surface area contributed by atoms with Gasteiger partial charge in [-0.2, -0.15) is 0 Å². The molecule has 1 N–H and O–H groups in total. The van der Waals surface area contributed by atoms with Crippen molar-refractivity contribution in [2.45, 2.75) is 23.6 Å². The molecule has 1 rings (SSSR count). The Bertz CT molecular complexity index is 337. The molecule has 0 saturated carbocycles. The Hall–Kier alpha value is -0.320. The van der Waals surface area contributed by atoms with E-state index in [1.165, 1.54) is 10.5 Å². The minimum Gasteiger partial charge on any atom is -0.311 e. The largest absolute Gasteiger partial charge is 0.311 e. The maximum atomic E-state index is 11.1. The van der Waals surface area contributed by atoms with E-state index in [2.05, 4.69) is 35.8 Å². The van der Waals surface area contributed by atoms with Gasteiger partial charge in [-0.05, 0) is 30.9 Å². The van der Waals surface area contributed by atoms with E-state index in [4.69, 9.17) is 0 Å². The van der Waals surface area contributed by atoms with Crippen molar-refractivity contribution in [2.24, 2.45) is 0 Å². The van der Waals surface area contributed by atoms with E-state index in [9.17, 15) is 4.21 Å². The summed E-state index contributed by atoms with van der Waals surface area (Å²) in [7, 11) is -0.739. The Morgan fingerprint density at radius 2 is 2.00 bits per heavy atom. The van der Waals surface area contributed by atoms with Crippen LogP contribution in [0.15, 0.2) is 29.2 Å². The Balaban J connectivity index is 2.34. The second kappa shape index (κ2) is 7.09. The maximum absolute atomic E-state index is 11.1. The molecule has 4 heteroatoms. The quantitative estimate of drug-likeness (QED) is 0.793. The third kappa shape index (κ3) is 4.68. The van der Waals surface area contributed by atoms with Gasteiger partial charge in [0.15, 0.2) is 0 Å². The number of thioether (sulfide) groups is 1. The molecule has 1 aromatic carbocycles. The van der Waals surface area contributed by atoms with Crippen molar-refractivity contribution in [2.75, 3.05) is 19.1 Å². The summed E-state index contributed by atoms with van der Waals surface area (Å²) >= 11 is 1.75. The van der Waals surface area contributed by atoms with Crippen LogP contribution in [0.5, 0.6) is 0 Å². The van der Waals surface area contributed by atoms with Gasteiger partial charge in [-0.15, -0.1) is 11.8 Å². The molecule has 0 saturated heterocycles. The zero-order valence-corrected chi connectivity index (χ0v) is 11.7. The molecule has 0 spiro atoms. The Morgan fingerprint density at radius 1 is 1.38 bits per heavy atom. The molecule has 0 radical (unpaired) electrons. The topological polar surface area (TPSA) is 29.1 Å². The average molecular weight is 257 g/mol. The van der Waals surface area contributed by atoms with Gasteiger partial charge >= 0.3 is 0 Å². The lowest BCUT2D eigenvalue weighted by Gasteiger charge is -2.10. The van der Waals surface area contributed by atoms with Crippen LogP contribution in [0.4, 0.5) is 0 Å². The molecule has 2 unspecified atom stereocenters. The smallest absolute Gasteiger partial charge is 0.0441 e. The molecule has 0 aliphatic heterocycles. The van der Waals surface area contributed by atoms with Gasteiger partial charge in [-0.25, -0.2) is 0 Å². The van der Waals surface area contributed by atoms with Crippen molar-refractivity contribution in [1.82, 2.24) is 5.32 Å². The van der Waals surface area contributed by atoms with Crippen LogP contribution in [0.25, 0.3) is 0 Å². The molecular formula is C12H19NOS2. The highest BCUT2D eigenvalue weighted by Gasteiger charge is 2.04. The van der Waals surface area contributed by atoms with Gasteiger partial charge in [0.2, 0.25) is 0 Å². The molecule has 90 valence electrons. The minimum absolute atomic E-state index is 0.213. The monoisotopic (exact) mass is 257 g/mol. The van der Waals surface area contributed by atoms with E-state index in [1.807, 2.05) is 6.92 Å². The average Bonchev–Trinajstić information content (AvgIpc) is 2.29. The first-order valence-corrected chi connectivity index (χ1v) is 8.14. The SMILES string of the molecule is CSc1ccc(CNCC(C)S(C)=O)cc1. The molecule has 0 aliphatic carbocycles. The van der Waals surface area contributed by atoms with Crippen LogP contribution >= 0.6 is 11.8 Å². The van der Waals surface area contributed by atoms with E-state index >= 15 is 0 Å². The molecule has 2 nitrogen and oxygen atoms in total. The first kappa shape index (κ1) is 13.7. The Morgan fingerprint density at radius 3 is 2.50 bits per heavy atom. The number of nitrogens with one attached hydrogen (secondary N) is 1. The summed E-state index contributed by atoms with van der Waals surface area (Å²) in [5.74, 6) is 0. The van der Waals surface area contributed by atoms with Gasteiger partial charge in [0.1, 0.15) is 0 Å². The Labute approximate surface area is 105 Å². The molecule has 0 aliphatic rings. The normalized spacial score (nSPS) is 14.7. The van der Waals surface area contributed by atoms with Crippen LogP contribution in [-0.4, -0.2) is 28.5 Å². The van der Waals surface area contributed by atoms with Crippen molar-refractivity contribution in [3.05, 3.63) is 29.8 Å². The molecular weight excluding hydrogens is 238 g/mol. The fourth-order valence-corrected chi connectivity index (χ4v) is 2.04. The first-order valence-electron chi connectivity index (χ1n) is 5.29. The van der Waals surface area contributed by atoms with E-state index in [0.29, 0.717) is 0 Å². The van der Waals surface area contributed by atoms with Gasteiger partial charge in [0, 0.05) is 40.3 Å². The van der Waals surface area contributed by atoms with E-state index in [1.54, 1.807) is 18.0 Å². The number of hydrogen-bond donors (Lipinski definition) is 1. The molecule has 0 bridgehead atoms. The lowest BCUT2D eigenvalue weighted by Crippen LogP contribution is -2.27. The van der Waals surface area contributed by atoms with Gasteiger partial charge in [-0.1, -0.05) is 12.1 Å². The molecule has 1 aromatic rings. The zero-order chi connectivity index (χ0) is 12.0. The van der Waals surface area contributed by atoms with Crippen LogP contribution in [0.3, 0.4) is 0 Å². The zero-order valence-electron chi connectivity index (χ0n) is 10.0. The maximum Gasteiger partial charge on any atom is 0.0441 e. The molecule has 0 heterocycles. The minimum atomic E-state index is -0.739. The lowest BCUT2D eigenvalue weighted by atomic mass is 10.2. The second-order valence-corrected chi connectivity index (χ2v) is 6.47. The van der Waals surface area contributed by atoms with Gasteiger partial charge in [0.05, 0.1) is 0 Å². The molecule has 16 heavy (non-hydrogen) atoms.